The normalized spacial score (nSPS) is 10.7. The van der Waals surface area contributed by atoms with Crippen LogP contribution in [0.2, 0.25) is 5.02 Å². The van der Waals surface area contributed by atoms with E-state index < -0.39 is 0 Å². The zero-order valence-corrected chi connectivity index (χ0v) is 14.4. The van der Waals surface area contributed by atoms with Crippen LogP contribution >= 0.6 is 11.6 Å². The quantitative estimate of drug-likeness (QED) is 0.485. The summed E-state index contributed by atoms with van der Waals surface area (Å²) in [6, 6.07) is 17.1. The molecule has 0 saturated heterocycles. The molecule has 2 aromatic carbocycles. The third kappa shape index (κ3) is 3.22. The van der Waals surface area contributed by atoms with Crippen molar-refractivity contribution >= 4 is 51.2 Å². The van der Waals surface area contributed by atoms with E-state index in [1.165, 1.54) is 6.33 Å². The van der Waals surface area contributed by atoms with Gasteiger partial charge in [-0.15, -0.1) is 0 Å². The molecule has 0 spiro atoms. The fourth-order valence-electron chi connectivity index (χ4n) is 2.60. The van der Waals surface area contributed by atoms with Crippen molar-refractivity contribution in [1.82, 2.24) is 15.0 Å². The van der Waals surface area contributed by atoms with Crippen molar-refractivity contribution in [2.45, 2.75) is 0 Å². The van der Waals surface area contributed by atoms with E-state index in [1.807, 2.05) is 42.5 Å². The van der Waals surface area contributed by atoms with Gasteiger partial charge in [-0.25, -0.2) is 9.97 Å². The van der Waals surface area contributed by atoms with Crippen molar-refractivity contribution in [3.8, 4) is 0 Å². The topological polar surface area (TPSA) is 88.8 Å². The fraction of sp³-hybridized carbons (Fsp3) is 0. The van der Waals surface area contributed by atoms with Crippen LogP contribution in [0.25, 0.3) is 10.9 Å². The Balaban J connectivity index is 1.66. The highest BCUT2D eigenvalue weighted by atomic mass is 35.5. The minimum absolute atomic E-state index is 0.412. The van der Waals surface area contributed by atoms with E-state index >= 15 is 0 Å². The number of hydrogen-bond donors (Lipinski definition) is 3. The molecule has 7 heteroatoms. The number of nitrogens with two attached hydrogens (primary N) is 1. The average molecular weight is 363 g/mol. The van der Waals surface area contributed by atoms with Crippen LogP contribution in [-0.2, 0) is 0 Å². The van der Waals surface area contributed by atoms with Gasteiger partial charge in [0.1, 0.15) is 12.0 Å². The first-order valence-electron chi connectivity index (χ1n) is 7.94. The first-order chi connectivity index (χ1) is 12.7. The van der Waals surface area contributed by atoms with Crippen molar-refractivity contribution in [3.05, 3.63) is 72.1 Å². The van der Waals surface area contributed by atoms with E-state index in [0.717, 1.165) is 22.3 Å². The van der Waals surface area contributed by atoms with Crippen LogP contribution < -0.4 is 16.4 Å². The van der Waals surface area contributed by atoms with E-state index in [4.69, 9.17) is 17.3 Å². The lowest BCUT2D eigenvalue weighted by Gasteiger charge is -2.13. The number of halogens is 1. The van der Waals surface area contributed by atoms with Crippen LogP contribution in [-0.4, -0.2) is 15.0 Å². The van der Waals surface area contributed by atoms with E-state index in [2.05, 4.69) is 25.6 Å². The Kier molecular flexibility index (Phi) is 4.25. The lowest BCUT2D eigenvalue weighted by atomic mass is 10.2. The number of rotatable bonds is 4. The van der Waals surface area contributed by atoms with E-state index in [9.17, 15) is 0 Å². The van der Waals surface area contributed by atoms with Crippen LogP contribution in [0.4, 0.5) is 28.7 Å². The van der Waals surface area contributed by atoms with Gasteiger partial charge in [-0.05, 0) is 36.4 Å². The zero-order chi connectivity index (χ0) is 17.9. The second kappa shape index (κ2) is 6.85. The van der Waals surface area contributed by atoms with Crippen molar-refractivity contribution in [1.29, 1.82) is 0 Å². The Morgan fingerprint density at radius 1 is 0.808 bits per heavy atom. The highest BCUT2D eigenvalue weighted by Gasteiger charge is 2.10. The standard InChI is InChI=1S/C19H15ClN6/c20-13-6-8-14(9-7-13)25-18-16(21)19(24-11-23-18)26-15-5-1-3-12-4-2-10-22-17(12)15/h1-11H,21H2,(H2,23,24,25,26). The van der Waals surface area contributed by atoms with E-state index in [0.29, 0.717) is 22.3 Å². The van der Waals surface area contributed by atoms with Gasteiger partial charge in [-0.3, -0.25) is 4.98 Å². The van der Waals surface area contributed by atoms with Gasteiger partial charge in [0, 0.05) is 22.3 Å². The van der Waals surface area contributed by atoms with Gasteiger partial charge in [0.15, 0.2) is 11.6 Å². The molecular formula is C19H15ClN6. The SMILES string of the molecule is Nc1c(Nc2ccc(Cl)cc2)ncnc1Nc1cccc2cccnc12. The smallest absolute Gasteiger partial charge is 0.159 e. The molecule has 0 radical (unpaired) electrons. The summed E-state index contributed by atoms with van der Waals surface area (Å²) in [7, 11) is 0. The van der Waals surface area contributed by atoms with Gasteiger partial charge in [0.2, 0.25) is 0 Å². The van der Waals surface area contributed by atoms with Crippen LogP contribution in [0.3, 0.4) is 0 Å². The molecule has 6 nitrogen and oxygen atoms in total. The molecule has 0 atom stereocenters. The summed E-state index contributed by atoms with van der Waals surface area (Å²) < 4.78 is 0. The summed E-state index contributed by atoms with van der Waals surface area (Å²) in [5.74, 6) is 1.02. The van der Waals surface area contributed by atoms with Gasteiger partial charge < -0.3 is 16.4 Å². The Morgan fingerprint density at radius 3 is 2.35 bits per heavy atom. The maximum atomic E-state index is 6.26. The van der Waals surface area contributed by atoms with Gasteiger partial charge >= 0.3 is 0 Å². The number of hydrogen-bond acceptors (Lipinski definition) is 6. The highest BCUT2D eigenvalue weighted by Crippen LogP contribution is 2.30. The maximum absolute atomic E-state index is 6.26. The predicted molar refractivity (Wildman–Crippen MR) is 106 cm³/mol. The maximum Gasteiger partial charge on any atom is 0.159 e. The summed E-state index contributed by atoms with van der Waals surface area (Å²) in [6.45, 7) is 0. The van der Waals surface area contributed by atoms with Crippen molar-refractivity contribution in [2.24, 2.45) is 0 Å². The Bertz CT molecular complexity index is 1060. The summed E-state index contributed by atoms with van der Waals surface area (Å²) in [6.07, 6.45) is 3.21. The minimum atomic E-state index is 0.412. The van der Waals surface area contributed by atoms with Gasteiger partial charge in [-0.1, -0.05) is 29.8 Å². The monoisotopic (exact) mass is 362 g/mol. The second-order valence-corrected chi connectivity index (χ2v) is 6.06. The van der Waals surface area contributed by atoms with Crippen molar-refractivity contribution < 1.29 is 0 Å². The lowest BCUT2D eigenvalue weighted by Crippen LogP contribution is -2.05. The zero-order valence-electron chi connectivity index (χ0n) is 13.6. The molecule has 0 aliphatic rings. The summed E-state index contributed by atoms with van der Waals surface area (Å²) in [5.41, 5.74) is 9.17. The van der Waals surface area contributed by atoms with Crippen LogP contribution in [0.1, 0.15) is 0 Å². The predicted octanol–water partition coefficient (Wildman–Crippen LogP) is 4.75. The molecule has 0 amide bonds. The molecule has 0 aliphatic heterocycles. The number of anilines is 5. The number of para-hydroxylation sites is 1. The number of nitrogens with one attached hydrogen (secondary N) is 2. The molecule has 4 aromatic rings. The van der Waals surface area contributed by atoms with Gasteiger partial charge in [0.05, 0.1) is 11.2 Å². The number of nitrogens with zero attached hydrogens (tertiary/aromatic N) is 3. The molecule has 2 aromatic heterocycles. The van der Waals surface area contributed by atoms with E-state index in [-0.39, 0.29) is 0 Å². The minimum Gasteiger partial charge on any atom is -0.393 e. The summed E-state index contributed by atoms with van der Waals surface area (Å²) in [4.78, 5) is 12.9. The molecule has 0 saturated carbocycles. The first kappa shape index (κ1) is 16.1. The molecule has 0 aliphatic carbocycles. The summed E-state index contributed by atoms with van der Waals surface area (Å²) >= 11 is 5.92. The average Bonchev–Trinajstić information content (AvgIpc) is 2.67. The Hall–Kier alpha value is -3.38. The second-order valence-electron chi connectivity index (χ2n) is 5.62. The van der Waals surface area contributed by atoms with Crippen LogP contribution in [0, 0.1) is 0 Å². The number of pyridine rings is 1. The lowest BCUT2D eigenvalue weighted by molar-refractivity contribution is 1.17. The molecule has 0 unspecified atom stereocenters. The number of nitrogen functional groups attached to an aromatic ring is 1. The van der Waals surface area contributed by atoms with Gasteiger partial charge in [-0.2, -0.15) is 0 Å². The molecule has 4 rings (SSSR count). The van der Waals surface area contributed by atoms with Crippen LogP contribution in [0.15, 0.2) is 67.1 Å². The molecule has 0 bridgehead atoms. The van der Waals surface area contributed by atoms with Crippen molar-refractivity contribution in [3.63, 3.8) is 0 Å². The number of aromatic nitrogens is 3. The van der Waals surface area contributed by atoms with Crippen molar-refractivity contribution in [2.75, 3.05) is 16.4 Å². The molecule has 26 heavy (non-hydrogen) atoms. The molecule has 4 N–H and O–H groups in total. The Morgan fingerprint density at radius 2 is 1.54 bits per heavy atom. The third-order valence-corrected chi connectivity index (χ3v) is 4.13. The van der Waals surface area contributed by atoms with Gasteiger partial charge in [0.25, 0.3) is 0 Å². The molecule has 128 valence electrons. The van der Waals surface area contributed by atoms with E-state index in [1.54, 1.807) is 18.3 Å². The Labute approximate surface area is 155 Å². The molecule has 0 fully saturated rings. The third-order valence-electron chi connectivity index (χ3n) is 3.88. The fourth-order valence-corrected chi connectivity index (χ4v) is 2.72. The number of benzene rings is 2. The largest absolute Gasteiger partial charge is 0.393 e. The summed E-state index contributed by atoms with van der Waals surface area (Å²) in [5, 5.41) is 8.12. The molecular weight excluding hydrogens is 348 g/mol. The molecule has 2 heterocycles. The number of fused-ring (bicyclic) bond motifs is 1. The highest BCUT2D eigenvalue weighted by molar-refractivity contribution is 6.30. The first-order valence-corrected chi connectivity index (χ1v) is 8.32. The van der Waals surface area contributed by atoms with Crippen LogP contribution in [0.5, 0.6) is 0 Å².